The second-order valence-corrected chi connectivity index (χ2v) is 9.63. The van der Waals surface area contributed by atoms with E-state index < -0.39 is 10.0 Å². The molecular weight excluding hydrogens is 386 g/mol. The maximum atomic E-state index is 12.7. The highest BCUT2D eigenvalue weighted by molar-refractivity contribution is 7.88. The monoisotopic (exact) mass is 415 g/mol. The molecule has 1 aliphatic rings. The fraction of sp³-hybridized carbons (Fsp3) is 0.409. The van der Waals surface area contributed by atoms with Crippen LogP contribution in [0.15, 0.2) is 48.5 Å². The first-order valence-electron chi connectivity index (χ1n) is 9.90. The predicted octanol–water partition coefficient (Wildman–Crippen LogP) is 2.78. The predicted molar refractivity (Wildman–Crippen MR) is 116 cm³/mol. The molecule has 0 radical (unpaired) electrons. The number of benzene rings is 2. The third-order valence-electron chi connectivity index (χ3n) is 5.44. The van der Waals surface area contributed by atoms with E-state index in [2.05, 4.69) is 5.32 Å². The average Bonchev–Trinajstić information content (AvgIpc) is 2.70. The van der Waals surface area contributed by atoms with Crippen molar-refractivity contribution < 1.29 is 13.2 Å². The summed E-state index contributed by atoms with van der Waals surface area (Å²) in [5.74, 6) is -0.0597. The van der Waals surface area contributed by atoms with Gasteiger partial charge in [0, 0.05) is 31.9 Å². The first-order chi connectivity index (χ1) is 13.8. The van der Waals surface area contributed by atoms with Crippen molar-refractivity contribution in [2.24, 2.45) is 0 Å². The highest BCUT2D eigenvalue weighted by atomic mass is 32.2. The minimum atomic E-state index is -3.36. The summed E-state index contributed by atoms with van der Waals surface area (Å²) in [4.78, 5) is 14.7. The normalized spacial score (nSPS) is 17.1. The number of sulfonamides is 1. The Morgan fingerprint density at radius 2 is 1.69 bits per heavy atom. The molecule has 7 heteroatoms. The zero-order valence-electron chi connectivity index (χ0n) is 17.3. The van der Waals surface area contributed by atoms with Crippen LogP contribution in [0.2, 0.25) is 0 Å². The van der Waals surface area contributed by atoms with Crippen LogP contribution < -0.4 is 5.32 Å². The first-order valence-corrected chi connectivity index (χ1v) is 11.5. The van der Waals surface area contributed by atoms with Crippen LogP contribution in [0.5, 0.6) is 0 Å². The molecule has 1 aliphatic heterocycles. The molecule has 0 aliphatic carbocycles. The summed E-state index contributed by atoms with van der Waals surface area (Å²) < 4.78 is 26.9. The summed E-state index contributed by atoms with van der Waals surface area (Å²) in [5, 5.41) is 3.01. The van der Waals surface area contributed by atoms with Gasteiger partial charge in [0.15, 0.2) is 0 Å². The number of piperazine rings is 1. The van der Waals surface area contributed by atoms with E-state index in [4.69, 9.17) is 0 Å². The van der Waals surface area contributed by atoms with E-state index in [1.807, 2.05) is 74.2 Å². The Morgan fingerprint density at radius 1 is 1.03 bits per heavy atom. The molecule has 0 bridgehead atoms. The topological polar surface area (TPSA) is 69.7 Å². The first kappa shape index (κ1) is 21.5. The van der Waals surface area contributed by atoms with Crippen LogP contribution in [0.1, 0.15) is 23.6 Å². The van der Waals surface area contributed by atoms with Gasteiger partial charge in [0.2, 0.25) is 15.9 Å². The van der Waals surface area contributed by atoms with Gasteiger partial charge < -0.3 is 5.32 Å². The molecule has 6 nitrogen and oxygen atoms in total. The van der Waals surface area contributed by atoms with Crippen molar-refractivity contribution >= 4 is 21.6 Å². The molecule has 1 atom stereocenters. The van der Waals surface area contributed by atoms with Crippen molar-refractivity contribution in [1.29, 1.82) is 0 Å². The number of carbonyl (C=O) groups is 1. The Labute approximate surface area is 173 Å². The fourth-order valence-electron chi connectivity index (χ4n) is 3.52. The highest BCUT2D eigenvalue weighted by Crippen LogP contribution is 2.19. The lowest BCUT2D eigenvalue weighted by Crippen LogP contribution is -2.54. The lowest BCUT2D eigenvalue weighted by molar-refractivity contribution is -0.121. The van der Waals surface area contributed by atoms with Crippen LogP contribution in [-0.2, 0) is 20.6 Å². The van der Waals surface area contributed by atoms with Crippen LogP contribution in [0.3, 0.4) is 0 Å². The number of carbonyl (C=O) groups excluding carboxylic acids is 1. The number of anilines is 1. The van der Waals surface area contributed by atoms with Gasteiger partial charge in [-0.3, -0.25) is 9.69 Å². The number of rotatable bonds is 6. The van der Waals surface area contributed by atoms with E-state index in [0.717, 1.165) is 22.4 Å². The summed E-state index contributed by atoms with van der Waals surface area (Å²) in [7, 11) is -3.36. The molecule has 2 aromatic rings. The minimum Gasteiger partial charge on any atom is -0.324 e. The van der Waals surface area contributed by atoms with Gasteiger partial charge in [-0.25, -0.2) is 8.42 Å². The fourth-order valence-corrected chi connectivity index (χ4v) is 5.03. The van der Waals surface area contributed by atoms with Gasteiger partial charge in [0.25, 0.3) is 0 Å². The van der Waals surface area contributed by atoms with Crippen LogP contribution in [0, 0.1) is 13.8 Å². The average molecular weight is 416 g/mol. The summed E-state index contributed by atoms with van der Waals surface area (Å²) in [5.41, 5.74) is 3.73. The summed E-state index contributed by atoms with van der Waals surface area (Å²) in [6, 6.07) is 14.9. The second-order valence-electron chi connectivity index (χ2n) is 7.66. The molecule has 0 saturated carbocycles. The van der Waals surface area contributed by atoms with Gasteiger partial charge in [0.1, 0.15) is 0 Å². The molecule has 1 N–H and O–H groups in total. The van der Waals surface area contributed by atoms with Crippen molar-refractivity contribution in [2.75, 3.05) is 31.5 Å². The van der Waals surface area contributed by atoms with Gasteiger partial charge in [-0.05, 0) is 43.5 Å². The molecule has 3 rings (SSSR count). The Kier molecular flexibility index (Phi) is 6.72. The molecule has 156 valence electrons. The number of hydrogen-bond acceptors (Lipinski definition) is 4. The minimum absolute atomic E-state index is 0.0104. The van der Waals surface area contributed by atoms with Gasteiger partial charge in [-0.2, -0.15) is 4.31 Å². The lowest BCUT2D eigenvalue weighted by Gasteiger charge is -2.36. The van der Waals surface area contributed by atoms with Crippen molar-refractivity contribution in [1.82, 2.24) is 9.21 Å². The lowest BCUT2D eigenvalue weighted by atomic mass is 10.1. The molecule has 1 saturated heterocycles. The molecule has 0 unspecified atom stereocenters. The highest BCUT2D eigenvalue weighted by Gasteiger charge is 2.31. The maximum Gasteiger partial charge on any atom is 0.241 e. The van der Waals surface area contributed by atoms with Gasteiger partial charge in [-0.1, -0.05) is 42.5 Å². The third kappa shape index (κ3) is 5.44. The summed E-state index contributed by atoms with van der Waals surface area (Å²) >= 11 is 0. The van der Waals surface area contributed by atoms with Crippen molar-refractivity contribution in [3.05, 3.63) is 65.2 Å². The zero-order valence-corrected chi connectivity index (χ0v) is 18.1. The van der Waals surface area contributed by atoms with Gasteiger partial charge >= 0.3 is 0 Å². The Morgan fingerprint density at radius 3 is 2.34 bits per heavy atom. The van der Waals surface area contributed by atoms with E-state index in [0.29, 0.717) is 26.2 Å². The van der Waals surface area contributed by atoms with E-state index in [1.54, 1.807) is 0 Å². The number of nitrogens with one attached hydrogen (secondary N) is 1. The van der Waals surface area contributed by atoms with E-state index in [1.165, 1.54) is 4.31 Å². The molecule has 1 fully saturated rings. The SMILES string of the molecule is Cc1ccc(C)c(NC(=O)[C@@H](C)N2CCN(S(=O)(=O)Cc3ccccc3)CC2)c1. The molecule has 29 heavy (non-hydrogen) atoms. The van der Waals surface area contributed by atoms with Gasteiger partial charge in [-0.15, -0.1) is 0 Å². The largest absolute Gasteiger partial charge is 0.324 e. The quantitative estimate of drug-likeness (QED) is 0.788. The van der Waals surface area contributed by atoms with Crippen LogP contribution in [0.4, 0.5) is 5.69 Å². The smallest absolute Gasteiger partial charge is 0.241 e. The molecule has 1 heterocycles. The summed E-state index contributed by atoms with van der Waals surface area (Å²) in [6.07, 6.45) is 0. The number of nitrogens with zero attached hydrogens (tertiary/aromatic N) is 2. The van der Waals surface area contributed by atoms with Crippen LogP contribution in [-0.4, -0.2) is 55.8 Å². The van der Waals surface area contributed by atoms with E-state index in [9.17, 15) is 13.2 Å². The Balaban J connectivity index is 1.56. The molecule has 1 amide bonds. The number of hydrogen-bond donors (Lipinski definition) is 1. The Hall–Kier alpha value is -2.22. The zero-order chi connectivity index (χ0) is 21.0. The second kappa shape index (κ2) is 9.07. The van der Waals surface area contributed by atoms with Crippen LogP contribution in [0.25, 0.3) is 0 Å². The van der Waals surface area contributed by atoms with Crippen molar-refractivity contribution in [2.45, 2.75) is 32.6 Å². The molecule has 2 aromatic carbocycles. The maximum absolute atomic E-state index is 12.7. The third-order valence-corrected chi connectivity index (χ3v) is 7.29. The van der Waals surface area contributed by atoms with E-state index in [-0.39, 0.29) is 17.7 Å². The van der Waals surface area contributed by atoms with Crippen LogP contribution >= 0.6 is 0 Å². The van der Waals surface area contributed by atoms with E-state index >= 15 is 0 Å². The summed E-state index contributed by atoms with van der Waals surface area (Å²) in [6.45, 7) is 7.70. The Bertz CT molecular complexity index is 953. The molecular formula is C22H29N3O3S. The van der Waals surface area contributed by atoms with Crippen molar-refractivity contribution in [3.63, 3.8) is 0 Å². The number of aryl methyl sites for hydroxylation is 2. The standard InChI is InChI=1S/C22H29N3O3S/c1-17-9-10-18(2)21(15-17)23-22(26)19(3)24-11-13-25(14-12-24)29(27,28)16-20-7-5-4-6-8-20/h4-10,15,19H,11-14,16H2,1-3H3,(H,23,26)/t19-/m1/s1. The van der Waals surface area contributed by atoms with Crippen molar-refractivity contribution in [3.8, 4) is 0 Å². The molecule has 0 aromatic heterocycles. The number of amides is 1. The van der Waals surface area contributed by atoms with Gasteiger partial charge in [0.05, 0.1) is 11.8 Å². The molecule has 0 spiro atoms.